The third-order valence-corrected chi connectivity index (χ3v) is 2.78. The Labute approximate surface area is 104 Å². The molecule has 2 N–H and O–H groups in total. The molecule has 0 saturated heterocycles. The molecule has 1 aromatic rings. The summed E-state index contributed by atoms with van der Waals surface area (Å²) in [6.45, 7) is 4.93. The average molecular weight is 236 g/mol. The highest BCUT2D eigenvalue weighted by Gasteiger charge is 2.02. The van der Waals surface area contributed by atoms with E-state index >= 15 is 0 Å². The van der Waals surface area contributed by atoms with Crippen LogP contribution < -0.4 is 10.5 Å². The first-order chi connectivity index (χ1) is 8.24. The number of nitrogens with two attached hydrogens (primary N) is 1. The van der Waals surface area contributed by atoms with E-state index in [9.17, 15) is 0 Å². The standard InChI is InChI=1S/C14H24N2O/c1-3-4-5-6-7-10-17-14-11-13(12(2)15)8-9-16-14/h8-9,11-12H,3-7,10,15H2,1-2H3/t12-/m1/s1. The molecule has 0 aliphatic rings. The molecule has 17 heavy (non-hydrogen) atoms. The smallest absolute Gasteiger partial charge is 0.213 e. The molecule has 0 aliphatic carbocycles. The molecule has 0 saturated carbocycles. The summed E-state index contributed by atoms with van der Waals surface area (Å²) in [6.07, 6.45) is 7.99. The molecular formula is C14H24N2O. The Balaban J connectivity index is 2.24. The molecule has 3 heteroatoms. The Kier molecular flexibility index (Phi) is 6.63. The van der Waals surface area contributed by atoms with Gasteiger partial charge in [0.25, 0.3) is 0 Å². The molecule has 0 aromatic carbocycles. The van der Waals surface area contributed by atoms with E-state index in [1.807, 2.05) is 19.1 Å². The Morgan fingerprint density at radius 3 is 2.76 bits per heavy atom. The molecule has 0 spiro atoms. The van der Waals surface area contributed by atoms with Crippen molar-refractivity contribution in [1.29, 1.82) is 0 Å². The first kappa shape index (κ1) is 14.0. The number of hydrogen-bond acceptors (Lipinski definition) is 3. The molecule has 1 atom stereocenters. The van der Waals surface area contributed by atoms with Crippen LogP contribution in [0.5, 0.6) is 5.88 Å². The summed E-state index contributed by atoms with van der Waals surface area (Å²) < 4.78 is 5.61. The summed E-state index contributed by atoms with van der Waals surface area (Å²) in [5, 5.41) is 0. The van der Waals surface area contributed by atoms with Gasteiger partial charge >= 0.3 is 0 Å². The zero-order valence-electron chi connectivity index (χ0n) is 11.0. The summed E-state index contributed by atoms with van der Waals surface area (Å²) in [4.78, 5) is 4.18. The van der Waals surface area contributed by atoms with E-state index in [0.717, 1.165) is 18.6 Å². The minimum Gasteiger partial charge on any atom is -0.478 e. The van der Waals surface area contributed by atoms with Crippen LogP contribution in [-0.2, 0) is 0 Å². The SMILES string of the molecule is CCCCCCCOc1cc([C@@H](C)N)ccn1. The van der Waals surface area contributed by atoms with Crippen LogP contribution in [0, 0.1) is 0 Å². The predicted octanol–water partition coefficient (Wildman–Crippen LogP) is 3.45. The number of ether oxygens (including phenoxy) is 1. The van der Waals surface area contributed by atoms with Crippen molar-refractivity contribution < 1.29 is 4.74 Å². The summed E-state index contributed by atoms with van der Waals surface area (Å²) in [5.41, 5.74) is 6.88. The first-order valence-electron chi connectivity index (χ1n) is 6.58. The average Bonchev–Trinajstić information content (AvgIpc) is 2.34. The summed E-state index contributed by atoms with van der Waals surface area (Å²) >= 11 is 0. The lowest BCUT2D eigenvalue weighted by Gasteiger charge is -2.08. The maximum atomic E-state index is 5.81. The number of aromatic nitrogens is 1. The second-order valence-corrected chi connectivity index (χ2v) is 4.48. The van der Waals surface area contributed by atoms with Crippen LogP contribution in [0.1, 0.15) is 57.6 Å². The Bertz CT molecular complexity index is 313. The number of rotatable bonds is 8. The zero-order chi connectivity index (χ0) is 12.5. The minimum atomic E-state index is 0.0323. The van der Waals surface area contributed by atoms with Crippen molar-refractivity contribution in [2.24, 2.45) is 5.73 Å². The van der Waals surface area contributed by atoms with E-state index in [0.29, 0.717) is 5.88 Å². The molecule has 0 fully saturated rings. The van der Waals surface area contributed by atoms with Gasteiger partial charge in [0.2, 0.25) is 5.88 Å². The summed E-state index contributed by atoms with van der Waals surface area (Å²) in [7, 11) is 0. The van der Waals surface area contributed by atoms with Gasteiger partial charge in [0.15, 0.2) is 0 Å². The molecule has 0 aliphatic heterocycles. The Hall–Kier alpha value is -1.09. The van der Waals surface area contributed by atoms with Gasteiger partial charge in [-0.2, -0.15) is 0 Å². The maximum absolute atomic E-state index is 5.81. The van der Waals surface area contributed by atoms with Gasteiger partial charge in [0.05, 0.1) is 6.61 Å². The number of pyridine rings is 1. The van der Waals surface area contributed by atoms with Gasteiger partial charge in [0, 0.05) is 18.3 Å². The third-order valence-electron chi connectivity index (χ3n) is 2.78. The highest BCUT2D eigenvalue weighted by atomic mass is 16.5. The van der Waals surface area contributed by atoms with E-state index in [1.165, 1.54) is 25.7 Å². The molecule has 1 aromatic heterocycles. The van der Waals surface area contributed by atoms with Gasteiger partial charge in [-0.1, -0.05) is 32.6 Å². The van der Waals surface area contributed by atoms with Crippen molar-refractivity contribution in [1.82, 2.24) is 4.98 Å². The fourth-order valence-corrected chi connectivity index (χ4v) is 1.67. The maximum Gasteiger partial charge on any atom is 0.213 e. The number of nitrogens with zero attached hydrogens (tertiary/aromatic N) is 1. The van der Waals surface area contributed by atoms with Crippen LogP contribution in [0.15, 0.2) is 18.3 Å². The molecule has 1 rings (SSSR count). The predicted molar refractivity (Wildman–Crippen MR) is 71.1 cm³/mol. The third kappa shape index (κ3) is 5.68. The molecule has 1 heterocycles. The lowest BCUT2D eigenvalue weighted by atomic mass is 10.1. The van der Waals surface area contributed by atoms with Crippen molar-refractivity contribution in [3.8, 4) is 5.88 Å². The summed E-state index contributed by atoms with van der Waals surface area (Å²) in [5.74, 6) is 0.690. The second-order valence-electron chi connectivity index (χ2n) is 4.48. The normalized spacial score (nSPS) is 12.4. The van der Waals surface area contributed by atoms with Gasteiger partial charge < -0.3 is 10.5 Å². The second kappa shape index (κ2) is 8.07. The monoisotopic (exact) mass is 236 g/mol. The van der Waals surface area contributed by atoms with Crippen LogP contribution >= 0.6 is 0 Å². The van der Waals surface area contributed by atoms with Crippen LogP contribution in [0.3, 0.4) is 0 Å². The molecule has 96 valence electrons. The molecule has 0 bridgehead atoms. The van der Waals surface area contributed by atoms with E-state index in [2.05, 4.69) is 11.9 Å². The van der Waals surface area contributed by atoms with Crippen molar-refractivity contribution >= 4 is 0 Å². The van der Waals surface area contributed by atoms with Crippen molar-refractivity contribution in [2.75, 3.05) is 6.61 Å². The highest BCUT2D eigenvalue weighted by Crippen LogP contribution is 2.15. The Morgan fingerprint density at radius 1 is 1.29 bits per heavy atom. The molecule has 3 nitrogen and oxygen atoms in total. The number of hydrogen-bond donors (Lipinski definition) is 1. The van der Waals surface area contributed by atoms with E-state index < -0.39 is 0 Å². The Morgan fingerprint density at radius 2 is 2.06 bits per heavy atom. The molecule has 0 radical (unpaired) electrons. The molecule has 0 unspecified atom stereocenters. The fourth-order valence-electron chi connectivity index (χ4n) is 1.67. The van der Waals surface area contributed by atoms with E-state index in [4.69, 9.17) is 10.5 Å². The van der Waals surface area contributed by atoms with Gasteiger partial charge in [-0.05, 0) is 25.0 Å². The first-order valence-corrected chi connectivity index (χ1v) is 6.58. The summed E-state index contributed by atoms with van der Waals surface area (Å²) in [6, 6.07) is 3.89. The van der Waals surface area contributed by atoms with E-state index in [-0.39, 0.29) is 6.04 Å². The van der Waals surface area contributed by atoms with Crippen LogP contribution in [0.2, 0.25) is 0 Å². The number of unbranched alkanes of at least 4 members (excludes halogenated alkanes) is 4. The van der Waals surface area contributed by atoms with Crippen molar-refractivity contribution in [3.05, 3.63) is 23.9 Å². The quantitative estimate of drug-likeness (QED) is 0.703. The highest BCUT2D eigenvalue weighted by molar-refractivity contribution is 5.22. The van der Waals surface area contributed by atoms with Gasteiger partial charge in [0.1, 0.15) is 0 Å². The van der Waals surface area contributed by atoms with Crippen molar-refractivity contribution in [2.45, 2.75) is 52.0 Å². The van der Waals surface area contributed by atoms with Crippen molar-refractivity contribution in [3.63, 3.8) is 0 Å². The topological polar surface area (TPSA) is 48.1 Å². The van der Waals surface area contributed by atoms with Crippen LogP contribution in [0.25, 0.3) is 0 Å². The zero-order valence-corrected chi connectivity index (χ0v) is 11.0. The minimum absolute atomic E-state index is 0.0323. The van der Waals surface area contributed by atoms with Gasteiger partial charge in [-0.15, -0.1) is 0 Å². The van der Waals surface area contributed by atoms with Crippen LogP contribution in [-0.4, -0.2) is 11.6 Å². The molecular weight excluding hydrogens is 212 g/mol. The van der Waals surface area contributed by atoms with Crippen LogP contribution in [0.4, 0.5) is 0 Å². The van der Waals surface area contributed by atoms with Gasteiger partial charge in [-0.3, -0.25) is 0 Å². The van der Waals surface area contributed by atoms with E-state index in [1.54, 1.807) is 6.20 Å². The lowest BCUT2D eigenvalue weighted by molar-refractivity contribution is 0.293. The largest absolute Gasteiger partial charge is 0.478 e. The molecule has 0 amide bonds. The van der Waals surface area contributed by atoms with Gasteiger partial charge in [-0.25, -0.2) is 4.98 Å². The fraction of sp³-hybridized carbons (Fsp3) is 0.643. The lowest BCUT2D eigenvalue weighted by Crippen LogP contribution is -2.06.